The second-order valence-electron chi connectivity index (χ2n) is 27.2. The zero-order valence-electron chi connectivity index (χ0n) is 45.3. The molecule has 1 aromatic rings. The van der Waals surface area contributed by atoms with Gasteiger partial charge in [0.25, 0.3) is 0 Å². The van der Waals surface area contributed by atoms with Gasteiger partial charge in [-0.3, -0.25) is 9.59 Å². The molecule has 0 unspecified atom stereocenters. The maximum absolute atomic E-state index is 16.3. The fourth-order valence-corrected chi connectivity index (χ4v) is 24.3. The van der Waals surface area contributed by atoms with Crippen LogP contribution in [0.25, 0.3) is 0 Å². The topological polar surface area (TPSA) is 244 Å². The van der Waals surface area contributed by atoms with E-state index in [-0.39, 0.29) is 61.5 Å². The third kappa shape index (κ3) is 6.56. The molecule has 1 amide bonds. The van der Waals surface area contributed by atoms with E-state index >= 15 is 9.59 Å². The summed E-state index contributed by atoms with van der Waals surface area (Å²) in [6.07, 6.45) is 9.61. The Morgan fingerprint density at radius 3 is 2.41 bits per heavy atom. The van der Waals surface area contributed by atoms with Crippen LogP contribution in [0.15, 0.2) is 42.0 Å². The van der Waals surface area contributed by atoms with Gasteiger partial charge in [0.05, 0.1) is 41.3 Å². The number of fused-ring (bicyclic) bond motifs is 1. The van der Waals surface area contributed by atoms with Gasteiger partial charge in [-0.25, -0.2) is 0 Å². The lowest BCUT2D eigenvalue weighted by Crippen LogP contribution is -2.79. The number of aliphatic hydroxyl groups is 8. The molecule has 20 atom stereocenters. The number of epoxide rings is 1. The monoisotopic (exact) mass is 1090 g/mol. The van der Waals surface area contributed by atoms with Crippen LogP contribution in [-0.4, -0.2) is 143 Å². The van der Waals surface area contributed by atoms with Crippen molar-refractivity contribution in [1.29, 1.82) is 0 Å². The highest BCUT2D eigenvalue weighted by Crippen LogP contribution is 2.81. The molecule has 13 aliphatic rings. The van der Waals surface area contributed by atoms with Gasteiger partial charge in [-0.2, -0.15) is 0 Å². The van der Waals surface area contributed by atoms with Crippen LogP contribution in [0.2, 0.25) is 0 Å². The van der Waals surface area contributed by atoms with Crippen LogP contribution < -0.4 is 10.2 Å². The number of amides is 1. The van der Waals surface area contributed by atoms with Crippen LogP contribution in [0, 0.1) is 79.8 Å². The molecule has 5 spiro atoms. The number of anilines is 1. The van der Waals surface area contributed by atoms with E-state index in [9.17, 15) is 46.0 Å². The van der Waals surface area contributed by atoms with Crippen molar-refractivity contribution in [3.05, 3.63) is 47.6 Å². The molecule has 5 aliphatic heterocycles. The smallest absolute Gasteiger partial charge is 0.234 e. The number of phenols is 1. The summed E-state index contributed by atoms with van der Waals surface area (Å²) in [5, 5.41) is 118. The molecule has 5 heterocycles. The lowest BCUT2D eigenvalue weighted by Gasteiger charge is -2.74. The first kappa shape index (κ1) is 54.5. The van der Waals surface area contributed by atoms with E-state index in [0.717, 1.165) is 22.8 Å². The summed E-state index contributed by atoms with van der Waals surface area (Å²) in [6, 6.07) is 5.32. The van der Waals surface area contributed by atoms with Crippen LogP contribution in [0.3, 0.4) is 0 Å². The summed E-state index contributed by atoms with van der Waals surface area (Å²) in [6.45, 7) is 8.21. The molecule has 8 fully saturated rings. The number of carbonyl (C=O) groups excluding carboxylic acids is 2. The van der Waals surface area contributed by atoms with Crippen molar-refractivity contribution in [2.75, 3.05) is 44.0 Å². The highest BCUT2D eigenvalue weighted by Gasteiger charge is 2.84. The minimum atomic E-state index is -2.05. The van der Waals surface area contributed by atoms with Crippen molar-refractivity contribution in [3.63, 3.8) is 0 Å². The average Bonchev–Trinajstić information content (AvgIpc) is 3.86. The first-order valence-corrected chi connectivity index (χ1v) is 31.6. The maximum atomic E-state index is 16.3. The minimum Gasteiger partial charge on any atom is -0.508 e. The van der Waals surface area contributed by atoms with Crippen LogP contribution in [-0.2, 0) is 20.7 Å². The number of ketones is 1. The molecule has 6 saturated carbocycles. The molecule has 1 aromatic carbocycles. The van der Waals surface area contributed by atoms with Crippen molar-refractivity contribution in [1.82, 2.24) is 5.32 Å². The Bertz CT molecular complexity index is 2560. The number of hydrogen-bond acceptors (Lipinski definition) is 15. The SMILES string of the molecule is CNC[C@@H]1CC[C@]2(CN3C(=O)[C@]24[C@@H](CO)CCC[C@H]4CSS[C@@H](O)[C@@]24C[C@@H](O)[C@](O)(CO)C5(CCCC5)[C@]2(C)[C@H]2C[C@@H]5C=CC[C@](O)([C@@H]6O[C@H]6[C@H](C)C(C)C)[C@H]6CC[C@@](O)(C2=CC4=O)[C@@]65CCc2cc(O)cc3c2)[C@@H]1O. The van der Waals surface area contributed by atoms with Crippen molar-refractivity contribution < 1.29 is 60.3 Å². The van der Waals surface area contributed by atoms with E-state index in [1.807, 2.05) is 20.0 Å². The minimum absolute atomic E-state index is 0.0303. The van der Waals surface area contributed by atoms with E-state index < -0.39 is 109 Å². The first-order chi connectivity index (χ1) is 36.1. The van der Waals surface area contributed by atoms with Crippen molar-refractivity contribution in [2.45, 2.75) is 177 Å². The third-order valence-electron chi connectivity index (χ3n) is 25.0. The fourth-order valence-electron chi connectivity index (χ4n) is 21.3. The molecule has 14 nitrogen and oxygen atoms in total. The standard InChI is InChI=1S/C60H86N2O12S2/c1-33(2)34(3)47-49(74-47)57(71)18-9-12-37-24-42-43-26-45(66)56(27-46(67)59(73,32-64)54(52(42,56)4)16-6-7-17-54)51(70)76-75-30-39-11-8-10-38(29-63)60(39)50(69)62(31-53(60)19-14-36(28-61-5)48(53)68)40-22-35(23-41(65)25-40)13-20-55(37)44(57)15-21-58(43,55)72/h9,12,22-23,25-26,33-34,36-39,42,44,46-49,51,61,63-65,67-68,70-73H,6-8,10-11,13-21,24,27-32H2,1-5H3/t34-,36+,37+,38-,39+,42+,44+,46-,47+,48-,49-,51-,52+,53+,55-,56+,57-,58-,59-,60-/m1/s1. The lowest BCUT2D eigenvalue weighted by molar-refractivity contribution is -0.309. The number of carbonyl (C=O) groups is 2. The summed E-state index contributed by atoms with van der Waals surface area (Å²) in [4.78, 5) is 34.3. The van der Waals surface area contributed by atoms with Crippen molar-refractivity contribution in [2.24, 2.45) is 79.8 Å². The van der Waals surface area contributed by atoms with Crippen molar-refractivity contribution >= 4 is 39.0 Å². The number of ether oxygens (including phenoxy) is 1. The van der Waals surface area contributed by atoms with E-state index in [1.165, 1.54) is 10.8 Å². The third-order valence-corrected chi connectivity index (χ3v) is 27.6. The molecule has 0 aromatic heterocycles. The molecule has 8 aliphatic carbocycles. The quantitative estimate of drug-likeness (QED) is 0.0879. The highest BCUT2D eigenvalue weighted by molar-refractivity contribution is 8.76. The van der Waals surface area contributed by atoms with E-state index in [0.29, 0.717) is 113 Å². The molecular formula is C60H86N2O12S2. The number of phenolic OH excluding ortho intramolecular Hbond substituents is 1. The maximum Gasteiger partial charge on any atom is 0.234 e. The second-order valence-corrected chi connectivity index (χ2v) is 29.7. The van der Waals surface area contributed by atoms with Gasteiger partial charge in [0, 0.05) is 59.4 Å². The highest BCUT2D eigenvalue weighted by atomic mass is 33.1. The predicted molar refractivity (Wildman–Crippen MR) is 291 cm³/mol. The Balaban J connectivity index is 1.09. The molecule has 0 radical (unpaired) electrons. The largest absolute Gasteiger partial charge is 0.508 e. The molecule has 16 heteroatoms. The number of benzene rings is 1. The van der Waals surface area contributed by atoms with Gasteiger partial charge < -0.3 is 60.9 Å². The zero-order chi connectivity index (χ0) is 54.0. The fraction of sp³-hybridized carbons (Fsp3) is 0.800. The van der Waals surface area contributed by atoms with Crippen LogP contribution in [0.4, 0.5) is 5.69 Å². The average molecular weight is 1090 g/mol. The van der Waals surface area contributed by atoms with Gasteiger partial charge in [0.2, 0.25) is 5.91 Å². The lowest BCUT2D eigenvalue weighted by atomic mass is 9.31. The van der Waals surface area contributed by atoms with Gasteiger partial charge in [-0.05, 0) is 167 Å². The molecule has 14 rings (SSSR count). The molecule has 10 N–H and O–H groups in total. The van der Waals surface area contributed by atoms with Crippen molar-refractivity contribution in [3.8, 4) is 5.75 Å². The summed E-state index contributed by atoms with van der Waals surface area (Å²) in [5.41, 5.74) is -12.5. The Labute approximate surface area is 456 Å². The second kappa shape index (κ2) is 18.5. The van der Waals surface area contributed by atoms with E-state index in [2.05, 4.69) is 38.2 Å². The Morgan fingerprint density at radius 1 is 0.934 bits per heavy atom. The van der Waals surface area contributed by atoms with Crippen LogP contribution >= 0.6 is 21.6 Å². The first-order valence-electron chi connectivity index (χ1n) is 29.2. The predicted octanol–water partition coefficient (Wildman–Crippen LogP) is 5.82. The van der Waals surface area contributed by atoms with E-state index in [1.54, 1.807) is 23.1 Å². The van der Waals surface area contributed by atoms with Gasteiger partial charge in [0.1, 0.15) is 28.5 Å². The summed E-state index contributed by atoms with van der Waals surface area (Å²) >= 11 is 0. The van der Waals surface area contributed by atoms with Gasteiger partial charge in [-0.1, -0.05) is 80.7 Å². The number of hydrogen-bond donors (Lipinski definition) is 10. The summed E-state index contributed by atoms with van der Waals surface area (Å²) in [7, 11) is 4.40. The Kier molecular flexibility index (Phi) is 13.3. The number of rotatable bonds is 7. The molecule has 76 heavy (non-hydrogen) atoms. The number of allylic oxidation sites excluding steroid dienone is 2. The van der Waals surface area contributed by atoms with Gasteiger partial charge in [-0.15, -0.1) is 0 Å². The van der Waals surface area contributed by atoms with E-state index in [4.69, 9.17) is 4.74 Å². The number of aromatic hydroxyl groups is 1. The number of aryl methyl sites for hydroxylation is 1. The summed E-state index contributed by atoms with van der Waals surface area (Å²) < 4.78 is 6.57. The number of aliphatic hydroxyl groups excluding tert-OH is 5. The normalized spacial score (nSPS) is 49.6. The van der Waals surface area contributed by atoms with Gasteiger partial charge >= 0.3 is 0 Å². The zero-order valence-corrected chi connectivity index (χ0v) is 47.0. The van der Waals surface area contributed by atoms with Crippen LogP contribution in [0.1, 0.15) is 130 Å². The van der Waals surface area contributed by atoms with Crippen LogP contribution in [0.5, 0.6) is 5.75 Å². The Hall–Kier alpha value is -2.06. The summed E-state index contributed by atoms with van der Waals surface area (Å²) in [5.74, 6) is -2.41. The molecule has 2 saturated heterocycles. The van der Waals surface area contributed by atoms with Gasteiger partial charge in [0.15, 0.2) is 5.78 Å². The Morgan fingerprint density at radius 2 is 1.70 bits per heavy atom. The molecule has 8 bridgehead atoms. The molecular weight excluding hydrogens is 1000 g/mol. The number of nitrogens with one attached hydrogen (secondary N) is 1. The number of nitrogens with zero attached hydrogens (tertiary/aromatic N) is 1. The molecule has 420 valence electrons.